The van der Waals surface area contributed by atoms with Crippen LogP contribution in [0.1, 0.15) is 16.1 Å². The molecule has 0 aliphatic carbocycles. The lowest BCUT2D eigenvalue weighted by atomic mass is 10.2. The summed E-state index contributed by atoms with van der Waals surface area (Å²) in [5.74, 6) is 0.583. The molecule has 0 spiro atoms. The number of ether oxygens (including phenoxy) is 1. The van der Waals surface area contributed by atoms with Crippen LogP contribution >= 0.6 is 0 Å². The zero-order valence-electron chi connectivity index (χ0n) is 16.5. The van der Waals surface area contributed by atoms with Crippen LogP contribution in [0.3, 0.4) is 0 Å². The molecule has 0 unspecified atom stereocenters. The van der Waals surface area contributed by atoms with Gasteiger partial charge in [-0.05, 0) is 48.0 Å². The van der Waals surface area contributed by atoms with E-state index in [0.717, 1.165) is 33.6 Å². The summed E-state index contributed by atoms with van der Waals surface area (Å²) >= 11 is 0. The molecule has 0 aliphatic heterocycles. The zero-order chi connectivity index (χ0) is 20.2. The van der Waals surface area contributed by atoms with Crippen molar-refractivity contribution in [2.75, 3.05) is 24.3 Å². The molecule has 1 aromatic heterocycles. The number of hydrogen-bond acceptors (Lipinski definition) is 3. The first-order chi connectivity index (χ1) is 14.1. The highest BCUT2D eigenvalue weighted by molar-refractivity contribution is 6.06. The number of anilines is 2. The van der Waals surface area contributed by atoms with Crippen LogP contribution in [0.4, 0.5) is 11.4 Å². The molecule has 1 heterocycles. The average Bonchev–Trinajstić information content (AvgIpc) is 3.17. The summed E-state index contributed by atoms with van der Waals surface area (Å²) in [7, 11) is 3.96. The number of rotatable bonds is 6. The Hall–Kier alpha value is -3.73. The summed E-state index contributed by atoms with van der Waals surface area (Å²) in [4.78, 5) is 17.8. The molecular weight excluding hydrogens is 362 g/mol. The van der Waals surface area contributed by atoms with Gasteiger partial charge < -0.3 is 19.9 Å². The van der Waals surface area contributed by atoms with Gasteiger partial charge in [0.05, 0.1) is 0 Å². The van der Waals surface area contributed by atoms with Crippen molar-refractivity contribution >= 4 is 28.2 Å². The van der Waals surface area contributed by atoms with E-state index in [1.54, 1.807) is 0 Å². The Morgan fingerprint density at radius 1 is 0.966 bits per heavy atom. The average molecular weight is 385 g/mol. The first-order valence-corrected chi connectivity index (χ1v) is 9.47. The van der Waals surface area contributed by atoms with Gasteiger partial charge in [0, 0.05) is 42.4 Å². The SMILES string of the molecule is CN(C)c1ccc(NC(=O)c2cc3ccc(OCc4ccccc4)cc3[nH]2)cc1. The van der Waals surface area contributed by atoms with Crippen molar-refractivity contribution in [3.8, 4) is 5.75 Å². The van der Waals surface area contributed by atoms with Gasteiger partial charge in [-0.15, -0.1) is 0 Å². The van der Waals surface area contributed by atoms with Crippen LogP contribution in [-0.4, -0.2) is 25.0 Å². The number of H-pyrrole nitrogens is 1. The Kier molecular flexibility index (Phi) is 5.20. The summed E-state index contributed by atoms with van der Waals surface area (Å²) in [6, 6.07) is 25.4. The lowest BCUT2D eigenvalue weighted by Crippen LogP contribution is -2.13. The Bertz CT molecular complexity index is 1120. The molecule has 146 valence electrons. The van der Waals surface area contributed by atoms with E-state index in [9.17, 15) is 4.79 Å². The molecule has 4 aromatic rings. The van der Waals surface area contributed by atoms with E-state index in [-0.39, 0.29) is 5.91 Å². The van der Waals surface area contributed by atoms with Crippen molar-refractivity contribution in [3.63, 3.8) is 0 Å². The van der Waals surface area contributed by atoms with Crippen molar-refractivity contribution in [3.05, 3.63) is 90.1 Å². The van der Waals surface area contributed by atoms with Crippen molar-refractivity contribution in [1.82, 2.24) is 4.98 Å². The molecule has 0 bridgehead atoms. The van der Waals surface area contributed by atoms with E-state index >= 15 is 0 Å². The van der Waals surface area contributed by atoms with Crippen LogP contribution in [0.15, 0.2) is 78.9 Å². The summed E-state index contributed by atoms with van der Waals surface area (Å²) in [6.07, 6.45) is 0. The first-order valence-electron chi connectivity index (χ1n) is 9.47. The van der Waals surface area contributed by atoms with Crippen LogP contribution in [0.25, 0.3) is 10.9 Å². The Labute approximate surface area is 169 Å². The van der Waals surface area contributed by atoms with Crippen LogP contribution in [0.5, 0.6) is 5.75 Å². The number of hydrogen-bond donors (Lipinski definition) is 2. The van der Waals surface area contributed by atoms with E-state index < -0.39 is 0 Å². The van der Waals surface area contributed by atoms with E-state index in [0.29, 0.717) is 12.3 Å². The van der Waals surface area contributed by atoms with Gasteiger partial charge in [0.25, 0.3) is 5.91 Å². The molecule has 1 amide bonds. The van der Waals surface area contributed by atoms with Crippen molar-refractivity contribution in [1.29, 1.82) is 0 Å². The number of fused-ring (bicyclic) bond motifs is 1. The third kappa shape index (κ3) is 4.41. The van der Waals surface area contributed by atoms with Crippen LogP contribution in [-0.2, 0) is 6.61 Å². The standard InChI is InChI=1S/C24H23N3O2/c1-27(2)20-11-9-19(10-12-20)25-24(28)23-14-18-8-13-21(15-22(18)26-23)29-16-17-6-4-3-5-7-17/h3-15,26H,16H2,1-2H3,(H,25,28). The molecule has 5 heteroatoms. The van der Waals surface area contributed by atoms with Crippen LogP contribution in [0, 0.1) is 0 Å². The van der Waals surface area contributed by atoms with E-state index in [4.69, 9.17) is 4.74 Å². The molecule has 0 aliphatic rings. The maximum atomic E-state index is 12.6. The van der Waals surface area contributed by atoms with Gasteiger partial charge in [-0.1, -0.05) is 30.3 Å². The monoisotopic (exact) mass is 385 g/mol. The molecule has 5 nitrogen and oxygen atoms in total. The zero-order valence-corrected chi connectivity index (χ0v) is 16.5. The topological polar surface area (TPSA) is 57.4 Å². The minimum absolute atomic E-state index is 0.175. The van der Waals surface area contributed by atoms with Crippen LogP contribution in [0.2, 0.25) is 0 Å². The normalized spacial score (nSPS) is 10.7. The molecule has 3 aromatic carbocycles. The molecule has 2 N–H and O–H groups in total. The van der Waals surface area contributed by atoms with E-state index in [2.05, 4.69) is 10.3 Å². The number of benzene rings is 3. The van der Waals surface area contributed by atoms with Crippen molar-refractivity contribution < 1.29 is 9.53 Å². The van der Waals surface area contributed by atoms with Crippen LogP contribution < -0.4 is 15.0 Å². The molecule has 0 saturated heterocycles. The second-order valence-electron chi connectivity index (χ2n) is 7.10. The van der Waals surface area contributed by atoms with Gasteiger partial charge in [0.15, 0.2) is 0 Å². The van der Waals surface area contributed by atoms with Gasteiger partial charge in [0.1, 0.15) is 18.1 Å². The fraction of sp³-hybridized carbons (Fsp3) is 0.125. The predicted octanol–water partition coefficient (Wildman–Crippen LogP) is 5.07. The van der Waals surface area contributed by atoms with E-state index in [1.165, 1.54) is 0 Å². The smallest absolute Gasteiger partial charge is 0.272 e. The Morgan fingerprint density at radius 2 is 1.72 bits per heavy atom. The Balaban J connectivity index is 1.45. The lowest BCUT2D eigenvalue weighted by molar-refractivity contribution is 0.102. The number of amides is 1. The Morgan fingerprint density at radius 3 is 2.45 bits per heavy atom. The number of aromatic amines is 1. The van der Waals surface area contributed by atoms with E-state index in [1.807, 2.05) is 97.9 Å². The molecule has 0 saturated carbocycles. The van der Waals surface area contributed by atoms with Crippen molar-refractivity contribution in [2.24, 2.45) is 0 Å². The number of nitrogens with zero attached hydrogens (tertiary/aromatic N) is 1. The number of carbonyl (C=O) groups is 1. The minimum atomic E-state index is -0.175. The molecule has 0 fully saturated rings. The van der Waals surface area contributed by atoms with Gasteiger partial charge in [0.2, 0.25) is 0 Å². The highest BCUT2D eigenvalue weighted by atomic mass is 16.5. The van der Waals surface area contributed by atoms with Gasteiger partial charge in [-0.2, -0.15) is 0 Å². The largest absolute Gasteiger partial charge is 0.489 e. The fourth-order valence-electron chi connectivity index (χ4n) is 3.10. The summed E-state index contributed by atoms with van der Waals surface area (Å²) in [6.45, 7) is 0.503. The molecular formula is C24H23N3O2. The highest BCUT2D eigenvalue weighted by Crippen LogP contribution is 2.23. The predicted molar refractivity (Wildman–Crippen MR) is 118 cm³/mol. The van der Waals surface area contributed by atoms with Gasteiger partial charge in [-0.3, -0.25) is 4.79 Å². The van der Waals surface area contributed by atoms with Gasteiger partial charge >= 0.3 is 0 Å². The summed E-state index contributed by atoms with van der Waals surface area (Å²) < 4.78 is 5.87. The third-order valence-electron chi connectivity index (χ3n) is 4.73. The quantitative estimate of drug-likeness (QED) is 0.487. The summed E-state index contributed by atoms with van der Waals surface area (Å²) in [5, 5.41) is 3.89. The first kappa shape index (κ1) is 18.6. The second kappa shape index (κ2) is 8.10. The summed E-state index contributed by atoms with van der Waals surface area (Å²) in [5.41, 5.74) is 4.32. The molecule has 29 heavy (non-hydrogen) atoms. The number of aromatic nitrogens is 1. The highest BCUT2D eigenvalue weighted by Gasteiger charge is 2.11. The lowest BCUT2D eigenvalue weighted by Gasteiger charge is -2.12. The van der Waals surface area contributed by atoms with Crippen molar-refractivity contribution in [2.45, 2.75) is 6.61 Å². The number of carbonyl (C=O) groups excluding carboxylic acids is 1. The number of nitrogens with one attached hydrogen (secondary N) is 2. The second-order valence-corrected chi connectivity index (χ2v) is 7.10. The third-order valence-corrected chi connectivity index (χ3v) is 4.73. The molecule has 4 rings (SSSR count). The minimum Gasteiger partial charge on any atom is -0.489 e. The van der Waals surface area contributed by atoms with Gasteiger partial charge in [-0.25, -0.2) is 0 Å². The fourth-order valence-corrected chi connectivity index (χ4v) is 3.10. The molecule has 0 radical (unpaired) electrons. The maximum absolute atomic E-state index is 12.6. The molecule has 0 atom stereocenters. The maximum Gasteiger partial charge on any atom is 0.272 e.